The second-order valence-corrected chi connectivity index (χ2v) is 4.30. The van der Waals surface area contributed by atoms with E-state index in [-0.39, 0.29) is 0 Å². The number of nitrogens with zero attached hydrogens (tertiary/aromatic N) is 1. The number of fused-ring (bicyclic) bond motifs is 1. The van der Waals surface area contributed by atoms with Crippen molar-refractivity contribution in [3.05, 3.63) is 23.9 Å². The lowest BCUT2D eigenvalue weighted by molar-refractivity contribution is 0.0847. The van der Waals surface area contributed by atoms with Crippen molar-refractivity contribution in [3.8, 4) is 0 Å². The third kappa shape index (κ3) is 1.55. The fraction of sp³-hybridized carbons (Fsp3) is 0.417. The van der Waals surface area contributed by atoms with Crippen LogP contribution in [0.2, 0.25) is 0 Å². The summed E-state index contributed by atoms with van der Waals surface area (Å²) >= 11 is 0. The molecular formula is C12H15N3O. The molecule has 0 saturated carbocycles. The predicted molar refractivity (Wildman–Crippen MR) is 63.3 cm³/mol. The molecule has 2 heterocycles. The van der Waals surface area contributed by atoms with Crippen LogP contribution in [-0.4, -0.2) is 23.4 Å². The number of anilines is 1. The van der Waals surface area contributed by atoms with Gasteiger partial charge in [0.15, 0.2) is 0 Å². The Balaban J connectivity index is 2.03. The lowest BCUT2D eigenvalue weighted by Gasteiger charge is -2.20. The van der Waals surface area contributed by atoms with Gasteiger partial charge in [0.05, 0.1) is 11.2 Å². The Morgan fingerprint density at radius 3 is 2.94 bits per heavy atom. The van der Waals surface area contributed by atoms with Crippen molar-refractivity contribution >= 4 is 16.6 Å². The van der Waals surface area contributed by atoms with E-state index in [1.54, 1.807) is 0 Å². The maximum Gasteiger partial charge on any atom is 0.0733 e. The Morgan fingerprint density at radius 2 is 2.12 bits per heavy atom. The summed E-state index contributed by atoms with van der Waals surface area (Å²) in [6, 6.07) is 5.92. The Kier molecular flexibility index (Phi) is 2.29. The molecule has 2 aromatic rings. The largest absolute Gasteiger partial charge is 0.399 e. The minimum absolute atomic E-state index is 0.520. The summed E-state index contributed by atoms with van der Waals surface area (Å²) in [5.41, 5.74) is 8.71. The highest BCUT2D eigenvalue weighted by Crippen LogP contribution is 2.31. The van der Waals surface area contributed by atoms with Crippen LogP contribution >= 0.6 is 0 Å². The van der Waals surface area contributed by atoms with Crippen molar-refractivity contribution in [1.82, 2.24) is 10.2 Å². The standard InChI is InChI=1S/C12H15N3O/c13-9-1-2-10-11(7-9)14-15-12(10)8-3-5-16-6-4-8/h1-2,7-8H,3-6,13H2,(H,14,15). The Morgan fingerprint density at radius 1 is 1.31 bits per heavy atom. The smallest absolute Gasteiger partial charge is 0.0733 e. The number of nitrogen functional groups attached to an aromatic ring is 1. The molecule has 0 radical (unpaired) electrons. The van der Waals surface area contributed by atoms with Crippen LogP contribution in [0.15, 0.2) is 18.2 Å². The zero-order valence-electron chi connectivity index (χ0n) is 9.07. The molecule has 4 nitrogen and oxygen atoms in total. The van der Waals surface area contributed by atoms with Gasteiger partial charge in [0, 0.05) is 30.2 Å². The van der Waals surface area contributed by atoms with Crippen LogP contribution in [-0.2, 0) is 4.74 Å². The number of aromatic amines is 1. The average molecular weight is 217 g/mol. The summed E-state index contributed by atoms with van der Waals surface area (Å²) in [7, 11) is 0. The van der Waals surface area contributed by atoms with Crippen molar-refractivity contribution in [2.24, 2.45) is 0 Å². The molecule has 3 rings (SSSR count). The van der Waals surface area contributed by atoms with Gasteiger partial charge in [0.2, 0.25) is 0 Å². The zero-order chi connectivity index (χ0) is 11.0. The van der Waals surface area contributed by atoms with Crippen LogP contribution in [0.5, 0.6) is 0 Å². The molecule has 1 aromatic carbocycles. The monoisotopic (exact) mass is 217 g/mol. The summed E-state index contributed by atoms with van der Waals surface area (Å²) in [5, 5.41) is 8.67. The Hall–Kier alpha value is -1.55. The highest BCUT2D eigenvalue weighted by molar-refractivity contribution is 5.84. The van der Waals surface area contributed by atoms with E-state index in [9.17, 15) is 0 Å². The number of benzene rings is 1. The molecule has 1 fully saturated rings. The van der Waals surface area contributed by atoms with Crippen molar-refractivity contribution in [2.45, 2.75) is 18.8 Å². The average Bonchev–Trinajstić information content (AvgIpc) is 2.73. The molecule has 1 aliphatic rings. The molecule has 0 unspecified atom stereocenters. The van der Waals surface area contributed by atoms with Gasteiger partial charge >= 0.3 is 0 Å². The SMILES string of the molecule is Nc1ccc2c(C3CCOCC3)n[nH]c2c1. The molecule has 0 atom stereocenters. The highest BCUT2D eigenvalue weighted by Gasteiger charge is 2.20. The number of hydrogen-bond donors (Lipinski definition) is 2. The molecule has 0 aliphatic carbocycles. The molecular weight excluding hydrogens is 202 g/mol. The number of aromatic nitrogens is 2. The summed E-state index contributed by atoms with van der Waals surface area (Å²) in [6.45, 7) is 1.68. The highest BCUT2D eigenvalue weighted by atomic mass is 16.5. The van der Waals surface area contributed by atoms with Gasteiger partial charge in [0.1, 0.15) is 0 Å². The molecule has 1 aromatic heterocycles. The maximum absolute atomic E-state index is 5.74. The fourth-order valence-electron chi connectivity index (χ4n) is 2.34. The molecule has 3 N–H and O–H groups in total. The number of nitrogens with two attached hydrogens (primary N) is 1. The van der Waals surface area contributed by atoms with Crippen LogP contribution < -0.4 is 5.73 Å². The number of H-pyrrole nitrogens is 1. The molecule has 16 heavy (non-hydrogen) atoms. The molecule has 1 aliphatic heterocycles. The van der Waals surface area contributed by atoms with E-state index in [2.05, 4.69) is 16.3 Å². The van der Waals surface area contributed by atoms with Crippen molar-refractivity contribution in [1.29, 1.82) is 0 Å². The van der Waals surface area contributed by atoms with Crippen molar-refractivity contribution < 1.29 is 4.74 Å². The van der Waals surface area contributed by atoms with Gasteiger partial charge in [0.25, 0.3) is 0 Å². The lowest BCUT2D eigenvalue weighted by Crippen LogP contribution is -2.14. The first kappa shape index (κ1) is 9.66. The fourth-order valence-corrected chi connectivity index (χ4v) is 2.34. The summed E-state index contributed by atoms with van der Waals surface area (Å²) in [5.74, 6) is 0.520. The normalized spacial score (nSPS) is 18.0. The van der Waals surface area contributed by atoms with E-state index >= 15 is 0 Å². The minimum atomic E-state index is 0.520. The topological polar surface area (TPSA) is 63.9 Å². The number of ether oxygens (including phenoxy) is 1. The van der Waals surface area contributed by atoms with Crippen LogP contribution in [0, 0.1) is 0 Å². The van der Waals surface area contributed by atoms with E-state index in [0.717, 1.165) is 37.3 Å². The van der Waals surface area contributed by atoms with Gasteiger partial charge in [-0.05, 0) is 31.0 Å². The van der Waals surface area contributed by atoms with Crippen LogP contribution in [0.4, 0.5) is 5.69 Å². The van der Waals surface area contributed by atoms with Gasteiger partial charge in [-0.3, -0.25) is 5.10 Å². The van der Waals surface area contributed by atoms with E-state index in [0.29, 0.717) is 5.92 Å². The second kappa shape index (κ2) is 3.79. The second-order valence-electron chi connectivity index (χ2n) is 4.30. The first-order chi connectivity index (χ1) is 7.84. The van der Waals surface area contributed by atoms with E-state index < -0.39 is 0 Å². The van der Waals surface area contributed by atoms with Gasteiger partial charge in [-0.25, -0.2) is 0 Å². The molecule has 84 valence electrons. The van der Waals surface area contributed by atoms with Crippen molar-refractivity contribution in [2.75, 3.05) is 18.9 Å². The maximum atomic E-state index is 5.74. The van der Waals surface area contributed by atoms with E-state index in [4.69, 9.17) is 10.5 Å². The third-order valence-electron chi connectivity index (χ3n) is 3.22. The third-order valence-corrected chi connectivity index (χ3v) is 3.22. The quantitative estimate of drug-likeness (QED) is 0.718. The Bertz CT molecular complexity index is 500. The molecule has 1 saturated heterocycles. The summed E-state index contributed by atoms with van der Waals surface area (Å²) in [4.78, 5) is 0. The first-order valence-electron chi connectivity index (χ1n) is 5.66. The number of nitrogens with one attached hydrogen (secondary N) is 1. The first-order valence-corrected chi connectivity index (χ1v) is 5.66. The summed E-state index contributed by atoms with van der Waals surface area (Å²) < 4.78 is 5.37. The number of rotatable bonds is 1. The predicted octanol–water partition coefficient (Wildman–Crippen LogP) is 2.04. The van der Waals surface area contributed by atoms with Crippen LogP contribution in [0.3, 0.4) is 0 Å². The number of hydrogen-bond acceptors (Lipinski definition) is 3. The molecule has 0 spiro atoms. The van der Waals surface area contributed by atoms with Gasteiger partial charge in [-0.2, -0.15) is 5.10 Å². The minimum Gasteiger partial charge on any atom is -0.399 e. The van der Waals surface area contributed by atoms with Crippen LogP contribution in [0.25, 0.3) is 10.9 Å². The van der Waals surface area contributed by atoms with Crippen molar-refractivity contribution in [3.63, 3.8) is 0 Å². The Labute approximate surface area is 93.8 Å². The molecule has 0 amide bonds. The molecule has 4 heteroatoms. The van der Waals surface area contributed by atoms with Crippen LogP contribution in [0.1, 0.15) is 24.5 Å². The molecule has 0 bridgehead atoms. The zero-order valence-corrected chi connectivity index (χ0v) is 9.07. The van der Waals surface area contributed by atoms with Gasteiger partial charge < -0.3 is 10.5 Å². The van der Waals surface area contributed by atoms with Gasteiger partial charge in [-0.1, -0.05) is 0 Å². The van der Waals surface area contributed by atoms with E-state index in [1.807, 2.05) is 12.1 Å². The van der Waals surface area contributed by atoms with Gasteiger partial charge in [-0.15, -0.1) is 0 Å². The lowest BCUT2D eigenvalue weighted by atomic mass is 9.94. The van der Waals surface area contributed by atoms with E-state index in [1.165, 1.54) is 11.1 Å². The summed E-state index contributed by atoms with van der Waals surface area (Å²) in [6.07, 6.45) is 2.12.